The van der Waals surface area contributed by atoms with Gasteiger partial charge in [-0.05, 0) is 24.1 Å². The topological polar surface area (TPSA) is 138 Å². The summed E-state index contributed by atoms with van der Waals surface area (Å²) in [7, 11) is 8.12. The van der Waals surface area contributed by atoms with Gasteiger partial charge in [-0.2, -0.15) is 4.98 Å². The van der Waals surface area contributed by atoms with Gasteiger partial charge in [-0.25, -0.2) is 4.98 Å². The first-order valence-electron chi connectivity index (χ1n) is 9.72. The summed E-state index contributed by atoms with van der Waals surface area (Å²) in [5.74, 6) is 2.27. The molecule has 1 heterocycles. The van der Waals surface area contributed by atoms with E-state index in [0.717, 1.165) is 34.1 Å². The molecule has 0 aliphatic carbocycles. The van der Waals surface area contributed by atoms with Gasteiger partial charge < -0.3 is 35.9 Å². The van der Waals surface area contributed by atoms with E-state index in [9.17, 15) is 4.79 Å². The summed E-state index contributed by atoms with van der Waals surface area (Å²) < 4.78 is 16.1. The van der Waals surface area contributed by atoms with Gasteiger partial charge >= 0.3 is 0 Å². The van der Waals surface area contributed by atoms with Crippen LogP contribution in [0.15, 0.2) is 24.3 Å². The molecule has 3 rings (SSSR count). The molecule has 0 saturated carbocycles. The van der Waals surface area contributed by atoms with Gasteiger partial charge in [-0.15, -0.1) is 0 Å². The number of fused-ring (bicyclic) bond motifs is 1. The first-order valence-corrected chi connectivity index (χ1v) is 9.72. The molecule has 172 valence electrons. The zero-order chi connectivity index (χ0) is 23.8. The fourth-order valence-corrected chi connectivity index (χ4v) is 3.06. The van der Waals surface area contributed by atoms with E-state index in [1.807, 2.05) is 31.2 Å². The number of nitrogen functional groups attached to an aromatic ring is 2. The summed E-state index contributed by atoms with van der Waals surface area (Å²) in [4.78, 5) is 19.2. The average Bonchev–Trinajstić information content (AvgIpc) is 2.77. The zero-order valence-electron chi connectivity index (χ0n) is 19.2. The highest BCUT2D eigenvalue weighted by Crippen LogP contribution is 2.40. The first-order chi connectivity index (χ1) is 15.2. The van der Waals surface area contributed by atoms with Gasteiger partial charge in [0.25, 0.3) is 0 Å². The van der Waals surface area contributed by atoms with Gasteiger partial charge in [0, 0.05) is 43.8 Å². The zero-order valence-corrected chi connectivity index (χ0v) is 19.2. The van der Waals surface area contributed by atoms with Crippen LogP contribution < -0.4 is 31.0 Å². The third-order valence-electron chi connectivity index (χ3n) is 4.64. The molecule has 0 radical (unpaired) electrons. The Morgan fingerprint density at radius 1 is 1.03 bits per heavy atom. The van der Waals surface area contributed by atoms with Crippen LogP contribution in [-0.2, 0) is 11.3 Å². The molecular weight excluding hydrogens is 412 g/mol. The van der Waals surface area contributed by atoms with Crippen LogP contribution in [0, 0.1) is 6.92 Å². The lowest BCUT2D eigenvalue weighted by atomic mass is 10.0. The molecule has 32 heavy (non-hydrogen) atoms. The Hall–Kier alpha value is -3.95. The lowest BCUT2D eigenvalue weighted by Crippen LogP contribution is -2.06. The van der Waals surface area contributed by atoms with Crippen LogP contribution in [0.5, 0.6) is 17.2 Å². The summed E-state index contributed by atoms with van der Waals surface area (Å²) in [5.41, 5.74) is 15.4. The van der Waals surface area contributed by atoms with Crippen LogP contribution >= 0.6 is 0 Å². The van der Waals surface area contributed by atoms with Gasteiger partial charge in [0.2, 0.25) is 18.1 Å². The maximum absolute atomic E-state index is 9.43. The minimum absolute atomic E-state index is 0.169. The summed E-state index contributed by atoms with van der Waals surface area (Å²) in [6.07, 6.45) is 0.750. The second kappa shape index (κ2) is 10.9. The number of nitrogens with two attached hydrogens (primary N) is 2. The SMILES string of the molecule is CN(C)C=O.COc1cc(NCc2ccc3nc(N)nc(N)c3c2C)cc(OC)c1OC. The smallest absolute Gasteiger partial charge is 0.222 e. The number of carbonyl (C=O) groups excluding carboxylic acids is 1. The summed E-state index contributed by atoms with van der Waals surface area (Å²) in [6.45, 7) is 2.56. The molecule has 1 amide bonds. The van der Waals surface area contributed by atoms with Crippen molar-refractivity contribution in [1.82, 2.24) is 14.9 Å². The molecule has 3 aromatic rings. The Bertz CT molecular complexity index is 1060. The number of rotatable bonds is 7. The Labute approximate surface area is 187 Å². The molecule has 1 aromatic heterocycles. The fraction of sp³-hybridized carbons (Fsp3) is 0.318. The van der Waals surface area contributed by atoms with Crippen molar-refractivity contribution in [2.24, 2.45) is 0 Å². The van der Waals surface area contributed by atoms with E-state index >= 15 is 0 Å². The molecular formula is C22H30N6O4. The van der Waals surface area contributed by atoms with E-state index in [4.69, 9.17) is 25.7 Å². The maximum atomic E-state index is 9.43. The van der Waals surface area contributed by atoms with Crippen molar-refractivity contribution in [3.63, 3.8) is 0 Å². The maximum Gasteiger partial charge on any atom is 0.222 e. The summed E-state index contributed by atoms with van der Waals surface area (Å²) in [5, 5.41) is 4.19. The largest absolute Gasteiger partial charge is 0.493 e. The highest BCUT2D eigenvalue weighted by atomic mass is 16.5. The van der Waals surface area contributed by atoms with Gasteiger partial charge in [0.15, 0.2) is 11.5 Å². The first kappa shape index (κ1) is 24.3. The molecule has 0 atom stereocenters. The predicted octanol–water partition coefficient (Wildman–Crippen LogP) is 2.44. The second-order valence-electron chi connectivity index (χ2n) is 7.05. The van der Waals surface area contributed by atoms with Crippen LogP contribution in [-0.4, -0.2) is 56.7 Å². The van der Waals surface area contributed by atoms with Crippen LogP contribution in [0.4, 0.5) is 17.5 Å². The molecule has 10 heteroatoms. The van der Waals surface area contributed by atoms with Gasteiger partial charge in [0.05, 0.1) is 26.8 Å². The fourth-order valence-electron chi connectivity index (χ4n) is 3.06. The van der Waals surface area contributed by atoms with Crippen LogP contribution in [0.1, 0.15) is 11.1 Å². The van der Waals surface area contributed by atoms with Crippen LogP contribution in [0.3, 0.4) is 0 Å². The molecule has 0 aliphatic heterocycles. The Morgan fingerprint density at radius 3 is 2.12 bits per heavy atom. The van der Waals surface area contributed by atoms with Crippen LogP contribution in [0.25, 0.3) is 10.9 Å². The van der Waals surface area contributed by atoms with Crippen molar-refractivity contribution in [1.29, 1.82) is 0 Å². The molecule has 5 N–H and O–H groups in total. The van der Waals surface area contributed by atoms with Gasteiger partial charge in [0.1, 0.15) is 5.82 Å². The highest BCUT2D eigenvalue weighted by molar-refractivity contribution is 5.92. The lowest BCUT2D eigenvalue weighted by Gasteiger charge is -2.16. The Balaban J connectivity index is 0.000000654. The molecule has 0 saturated heterocycles. The molecule has 0 spiro atoms. The Kier molecular flexibility index (Phi) is 8.28. The number of aromatic nitrogens is 2. The van der Waals surface area contributed by atoms with E-state index in [0.29, 0.717) is 29.6 Å². The molecule has 10 nitrogen and oxygen atoms in total. The number of hydrogen-bond donors (Lipinski definition) is 3. The minimum atomic E-state index is 0.169. The third-order valence-corrected chi connectivity index (χ3v) is 4.64. The lowest BCUT2D eigenvalue weighted by molar-refractivity contribution is -0.115. The van der Waals surface area contributed by atoms with E-state index in [-0.39, 0.29) is 5.95 Å². The van der Waals surface area contributed by atoms with Crippen molar-refractivity contribution in [2.45, 2.75) is 13.5 Å². The number of methoxy groups -OCH3 is 3. The number of amides is 1. The third kappa shape index (κ3) is 5.60. The van der Waals surface area contributed by atoms with E-state index in [2.05, 4.69) is 15.3 Å². The average molecular weight is 443 g/mol. The van der Waals surface area contributed by atoms with E-state index in [1.54, 1.807) is 35.4 Å². The highest BCUT2D eigenvalue weighted by Gasteiger charge is 2.14. The standard InChI is InChI=1S/C19H23N5O3.C3H7NO/c1-10-11(5-6-13-16(10)18(20)24-19(21)23-13)9-22-12-7-14(25-2)17(27-4)15(8-12)26-3;1-4(2)3-5/h5-8,22H,9H2,1-4H3,(H4,20,21,23,24);3H,1-2H3. The van der Waals surface area contributed by atoms with Crippen molar-refractivity contribution in [2.75, 3.05) is 52.2 Å². The van der Waals surface area contributed by atoms with Crippen molar-refractivity contribution >= 4 is 34.8 Å². The summed E-state index contributed by atoms with van der Waals surface area (Å²) in [6, 6.07) is 7.60. The van der Waals surface area contributed by atoms with Gasteiger partial charge in [-0.3, -0.25) is 4.79 Å². The molecule has 0 bridgehead atoms. The number of ether oxygens (including phenoxy) is 3. The van der Waals surface area contributed by atoms with Crippen molar-refractivity contribution in [3.8, 4) is 17.2 Å². The quantitative estimate of drug-likeness (QED) is 0.471. The number of benzene rings is 2. The van der Waals surface area contributed by atoms with Crippen molar-refractivity contribution in [3.05, 3.63) is 35.4 Å². The van der Waals surface area contributed by atoms with E-state index < -0.39 is 0 Å². The van der Waals surface area contributed by atoms with E-state index in [1.165, 1.54) is 4.90 Å². The minimum Gasteiger partial charge on any atom is -0.493 e. The normalized spacial score (nSPS) is 10.1. The number of nitrogens with zero attached hydrogens (tertiary/aromatic N) is 3. The number of nitrogens with one attached hydrogen (secondary N) is 1. The molecule has 2 aromatic carbocycles. The number of hydrogen-bond acceptors (Lipinski definition) is 9. The molecule has 0 unspecified atom stereocenters. The monoisotopic (exact) mass is 442 g/mol. The number of aryl methyl sites for hydroxylation is 1. The van der Waals surface area contributed by atoms with Gasteiger partial charge in [-0.1, -0.05) is 6.07 Å². The Morgan fingerprint density at radius 2 is 1.62 bits per heavy atom. The number of anilines is 3. The van der Waals surface area contributed by atoms with Crippen LogP contribution in [0.2, 0.25) is 0 Å². The predicted molar refractivity (Wildman–Crippen MR) is 126 cm³/mol. The second-order valence-corrected chi connectivity index (χ2v) is 7.05. The molecule has 0 fully saturated rings. The molecule has 0 aliphatic rings. The summed E-state index contributed by atoms with van der Waals surface area (Å²) >= 11 is 0. The van der Waals surface area contributed by atoms with Crippen molar-refractivity contribution < 1.29 is 19.0 Å². The number of carbonyl (C=O) groups is 1.